The number of amides is 1. The van der Waals surface area contributed by atoms with Crippen LogP contribution in [0.15, 0.2) is 12.1 Å². The second-order valence-corrected chi connectivity index (χ2v) is 5.19. The fourth-order valence-electron chi connectivity index (χ4n) is 2.45. The number of ether oxygens (including phenoxy) is 1. The van der Waals surface area contributed by atoms with Gasteiger partial charge < -0.3 is 9.64 Å². The Labute approximate surface area is 117 Å². The second kappa shape index (κ2) is 5.35. The highest BCUT2D eigenvalue weighted by Gasteiger charge is 2.24. The van der Waals surface area contributed by atoms with E-state index in [1.54, 1.807) is 11.0 Å². The van der Waals surface area contributed by atoms with Gasteiger partial charge in [-0.05, 0) is 18.6 Å². The highest BCUT2D eigenvalue weighted by atomic mass is 35.5. The van der Waals surface area contributed by atoms with Crippen LogP contribution in [-0.2, 0) is 9.53 Å². The van der Waals surface area contributed by atoms with Gasteiger partial charge in [-0.25, -0.2) is 4.98 Å². The molecule has 0 radical (unpaired) electrons. The van der Waals surface area contributed by atoms with Gasteiger partial charge in [0.15, 0.2) is 0 Å². The molecule has 0 N–H and O–H groups in total. The number of halogens is 1. The molecule has 2 fully saturated rings. The van der Waals surface area contributed by atoms with Crippen molar-refractivity contribution in [3.05, 3.63) is 17.2 Å². The van der Waals surface area contributed by atoms with E-state index in [2.05, 4.69) is 9.88 Å². The zero-order valence-corrected chi connectivity index (χ0v) is 11.4. The fraction of sp³-hybridized carbons (Fsp3) is 0.538. The van der Waals surface area contributed by atoms with E-state index in [-0.39, 0.29) is 5.91 Å². The first kappa shape index (κ1) is 12.7. The Morgan fingerprint density at radius 3 is 2.58 bits per heavy atom. The van der Waals surface area contributed by atoms with Crippen molar-refractivity contribution in [1.82, 2.24) is 4.98 Å². The standard InChI is InChI=1S/C13H16ClN3O2/c14-10-8-11(16-4-6-19-7-5-16)15-12(9-10)17-3-1-2-13(17)18/h8-9H,1-7H2. The number of hydrogen-bond acceptors (Lipinski definition) is 4. The molecule has 19 heavy (non-hydrogen) atoms. The highest BCUT2D eigenvalue weighted by molar-refractivity contribution is 6.31. The van der Waals surface area contributed by atoms with Gasteiger partial charge in [0, 0.05) is 31.1 Å². The molecular formula is C13H16ClN3O2. The Balaban J connectivity index is 1.88. The molecule has 2 aliphatic rings. The van der Waals surface area contributed by atoms with Crippen LogP contribution in [0.2, 0.25) is 5.02 Å². The number of hydrogen-bond donors (Lipinski definition) is 0. The van der Waals surface area contributed by atoms with E-state index in [9.17, 15) is 4.79 Å². The Kier molecular flexibility index (Phi) is 3.57. The molecule has 0 aliphatic carbocycles. The number of rotatable bonds is 2. The lowest BCUT2D eigenvalue weighted by atomic mass is 10.3. The lowest BCUT2D eigenvalue weighted by Crippen LogP contribution is -2.37. The zero-order valence-electron chi connectivity index (χ0n) is 10.6. The lowest BCUT2D eigenvalue weighted by molar-refractivity contribution is -0.117. The maximum Gasteiger partial charge on any atom is 0.228 e. The van der Waals surface area contributed by atoms with Crippen molar-refractivity contribution in [1.29, 1.82) is 0 Å². The van der Waals surface area contributed by atoms with Gasteiger partial charge in [-0.2, -0.15) is 0 Å². The molecule has 2 saturated heterocycles. The van der Waals surface area contributed by atoms with Crippen molar-refractivity contribution in [2.75, 3.05) is 42.6 Å². The average molecular weight is 282 g/mol. The van der Waals surface area contributed by atoms with Gasteiger partial charge in [0.05, 0.1) is 13.2 Å². The van der Waals surface area contributed by atoms with Gasteiger partial charge in [0.2, 0.25) is 5.91 Å². The Bertz CT molecular complexity index is 489. The first-order valence-electron chi connectivity index (χ1n) is 6.55. The van der Waals surface area contributed by atoms with Gasteiger partial charge >= 0.3 is 0 Å². The van der Waals surface area contributed by atoms with Gasteiger partial charge in [0.1, 0.15) is 11.6 Å². The number of carbonyl (C=O) groups excluding carboxylic acids is 1. The Hall–Kier alpha value is -1.33. The molecule has 6 heteroatoms. The lowest BCUT2D eigenvalue weighted by Gasteiger charge is -2.28. The largest absolute Gasteiger partial charge is 0.378 e. The Morgan fingerprint density at radius 2 is 1.89 bits per heavy atom. The molecule has 0 unspecified atom stereocenters. The summed E-state index contributed by atoms with van der Waals surface area (Å²) < 4.78 is 5.33. The maximum absolute atomic E-state index is 11.8. The molecule has 1 amide bonds. The van der Waals surface area contributed by atoms with E-state index in [4.69, 9.17) is 16.3 Å². The molecule has 0 atom stereocenters. The van der Waals surface area contributed by atoms with Crippen molar-refractivity contribution < 1.29 is 9.53 Å². The molecular weight excluding hydrogens is 266 g/mol. The van der Waals surface area contributed by atoms with E-state index in [1.807, 2.05) is 6.07 Å². The second-order valence-electron chi connectivity index (χ2n) is 4.75. The van der Waals surface area contributed by atoms with Crippen LogP contribution in [0.1, 0.15) is 12.8 Å². The number of morpholine rings is 1. The molecule has 0 bridgehead atoms. The number of aromatic nitrogens is 1. The van der Waals surface area contributed by atoms with Crippen molar-refractivity contribution in [2.24, 2.45) is 0 Å². The molecule has 0 aromatic carbocycles. The Morgan fingerprint density at radius 1 is 1.16 bits per heavy atom. The van der Waals surface area contributed by atoms with Crippen LogP contribution in [0, 0.1) is 0 Å². The number of pyridine rings is 1. The number of carbonyl (C=O) groups is 1. The third-order valence-corrected chi connectivity index (χ3v) is 3.67. The minimum absolute atomic E-state index is 0.127. The summed E-state index contributed by atoms with van der Waals surface area (Å²) in [6.45, 7) is 3.74. The van der Waals surface area contributed by atoms with Crippen molar-refractivity contribution >= 4 is 29.1 Å². The molecule has 0 saturated carbocycles. The summed E-state index contributed by atoms with van der Waals surface area (Å²) in [5.41, 5.74) is 0. The first-order chi connectivity index (χ1) is 9.24. The van der Waals surface area contributed by atoms with Crippen molar-refractivity contribution in [2.45, 2.75) is 12.8 Å². The van der Waals surface area contributed by atoms with E-state index in [1.165, 1.54) is 0 Å². The van der Waals surface area contributed by atoms with Crippen LogP contribution in [0.5, 0.6) is 0 Å². The summed E-state index contributed by atoms with van der Waals surface area (Å²) >= 11 is 6.16. The van der Waals surface area contributed by atoms with E-state index in [0.717, 1.165) is 31.9 Å². The fourth-order valence-corrected chi connectivity index (χ4v) is 2.65. The SMILES string of the molecule is O=C1CCCN1c1cc(Cl)cc(N2CCOCC2)n1. The highest BCUT2D eigenvalue weighted by Crippen LogP contribution is 2.27. The average Bonchev–Trinajstić information content (AvgIpc) is 2.85. The van der Waals surface area contributed by atoms with Crippen LogP contribution in [0.3, 0.4) is 0 Å². The summed E-state index contributed by atoms with van der Waals surface area (Å²) in [6, 6.07) is 3.60. The molecule has 5 nitrogen and oxygen atoms in total. The smallest absolute Gasteiger partial charge is 0.228 e. The molecule has 3 heterocycles. The van der Waals surface area contributed by atoms with Gasteiger partial charge in [-0.15, -0.1) is 0 Å². The van der Waals surface area contributed by atoms with Gasteiger partial charge in [-0.1, -0.05) is 11.6 Å². The minimum Gasteiger partial charge on any atom is -0.378 e. The van der Waals surface area contributed by atoms with Crippen molar-refractivity contribution in [3.8, 4) is 0 Å². The third-order valence-electron chi connectivity index (χ3n) is 3.45. The number of anilines is 2. The molecule has 1 aromatic rings. The topological polar surface area (TPSA) is 45.7 Å². The monoisotopic (exact) mass is 281 g/mol. The van der Waals surface area contributed by atoms with Crippen LogP contribution in [-0.4, -0.2) is 43.7 Å². The maximum atomic E-state index is 11.8. The van der Waals surface area contributed by atoms with E-state index >= 15 is 0 Å². The van der Waals surface area contributed by atoms with Crippen molar-refractivity contribution in [3.63, 3.8) is 0 Å². The van der Waals surface area contributed by atoms with Crippen LogP contribution >= 0.6 is 11.6 Å². The quantitative estimate of drug-likeness (QED) is 0.828. The van der Waals surface area contributed by atoms with Crippen LogP contribution < -0.4 is 9.80 Å². The predicted molar refractivity (Wildman–Crippen MR) is 73.9 cm³/mol. The summed E-state index contributed by atoms with van der Waals surface area (Å²) in [7, 11) is 0. The molecule has 2 aliphatic heterocycles. The minimum atomic E-state index is 0.127. The third kappa shape index (κ3) is 2.67. The summed E-state index contributed by atoms with van der Waals surface area (Å²) in [4.78, 5) is 20.2. The van der Waals surface area contributed by atoms with E-state index < -0.39 is 0 Å². The predicted octanol–water partition coefficient (Wildman–Crippen LogP) is 1.70. The van der Waals surface area contributed by atoms with E-state index in [0.29, 0.717) is 30.5 Å². The molecule has 3 rings (SSSR count). The molecule has 102 valence electrons. The first-order valence-corrected chi connectivity index (χ1v) is 6.92. The summed E-state index contributed by atoms with van der Waals surface area (Å²) in [6.07, 6.45) is 1.49. The molecule has 0 spiro atoms. The zero-order chi connectivity index (χ0) is 13.2. The van der Waals surface area contributed by atoms with Crippen LogP contribution in [0.25, 0.3) is 0 Å². The van der Waals surface area contributed by atoms with Gasteiger partial charge in [0.25, 0.3) is 0 Å². The van der Waals surface area contributed by atoms with Gasteiger partial charge in [-0.3, -0.25) is 9.69 Å². The van der Waals surface area contributed by atoms with Crippen LogP contribution in [0.4, 0.5) is 11.6 Å². The summed E-state index contributed by atoms with van der Waals surface area (Å²) in [5, 5.41) is 0.617. The number of nitrogens with zero attached hydrogens (tertiary/aromatic N) is 3. The normalized spacial score (nSPS) is 20.2. The molecule has 1 aromatic heterocycles. The summed E-state index contributed by atoms with van der Waals surface area (Å²) in [5.74, 6) is 1.62.